The molecular formula is C14H27N3O. The maximum atomic E-state index is 5.28. The molecule has 1 rings (SSSR count). The molecule has 1 heterocycles. The Balaban J connectivity index is 1.81. The third-order valence-electron chi connectivity index (χ3n) is 3.05. The molecule has 0 fully saturated rings. The molecule has 0 saturated heterocycles. The van der Waals surface area contributed by atoms with Gasteiger partial charge >= 0.3 is 0 Å². The number of aromatic nitrogens is 2. The summed E-state index contributed by atoms with van der Waals surface area (Å²) < 4.78 is 5.28. The Kier molecular flexibility index (Phi) is 8.47. The van der Waals surface area contributed by atoms with E-state index in [1.165, 1.54) is 51.4 Å². The summed E-state index contributed by atoms with van der Waals surface area (Å²) in [4.78, 5) is 0. The molecule has 4 heteroatoms. The summed E-state index contributed by atoms with van der Waals surface area (Å²) >= 11 is 0. The van der Waals surface area contributed by atoms with Gasteiger partial charge in [0.25, 0.3) is 0 Å². The number of hydrogen-bond donors (Lipinski definition) is 1. The van der Waals surface area contributed by atoms with E-state index in [1.54, 1.807) is 0 Å². The minimum Gasteiger partial charge on any atom is -0.424 e. The lowest BCUT2D eigenvalue weighted by atomic mass is 10.1. The number of nitrogens with zero attached hydrogens (tertiary/aromatic N) is 2. The van der Waals surface area contributed by atoms with Crippen molar-refractivity contribution in [2.24, 2.45) is 0 Å². The van der Waals surface area contributed by atoms with Gasteiger partial charge in [0.05, 0.1) is 6.54 Å². The number of hydrogen-bond acceptors (Lipinski definition) is 4. The Hall–Kier alpha value is -0.900. The second kappa shape index (κ2) is 10.1. The van der Waals surface area contributed by atoms with E-state index in [-0.39, 0.29) is 0 Å². The Labute approximate surface area is 111 Å². The molecule has 0 spiro atoms. The predicted octanol–water partition coefficient (Wildman–Crippen LogP) is 3.61. The monoisotopic (exact) mass is 253 g/mol. The lowest BCUT2D eigenvalue weighted by Gasteiger charge is -2.02. The number of rotatable bonds is 11. The van der Waals surface area contributed by atoms with Crippen molar-refractivity contribution in [1.29, 1.82) is 0 Å². The third-order valence-corrected chi connectivity index (χ3v) is 3.05. The molecule has 18 heavy (non-hydrogen) atoms. The Morgan fingerprint density at radius 2 is 1.61 bits per heavy atom. The molecule has 0 unspecified atom stereocenters. The van der Waals surface area contributed by atoms with E-state index in [2.05, 4.69) is 22.4 Å². The maximum absolute atomic E-state index is 5.28. The number of aryl methyl sites for hydroxylation is 1. The number of nitrogens with one attached hydrogen (secondary N) is 1. The molecule has 0 bridgehead atoms. The zero-order chi connectivity index (χ0) is 13.1. The summed E-state index contributed by atoms with van der Waals surface area (Å²) in [5.41, 5.74) is 0. The van der Waals surface area contributed by atoms with Crippen molar-refractivity contribution >= 4 is 0 Å². The van der Waals surface area contributed by atoms with Crippen LogP contribution >= 0.6 is 0 Å². The van der Waals surface area contributed by atoms with E-state index in [1.807, 2.05) is 6.92 Å². The van der Waals surface area contributed by atoms with Crippen LogP contribution in [0.3, 0.4) is 0 Å². The molecule has 0 saturated carbocycles. The first-order valence-electron chi connectivity index (χ1n) is 7.32. The SMILES string of the molecule is CCCCCCCCCCNCc1nnc(C)o1. The van der Waals surface area contributed by atoms with Crippen molar-refractivity contribution < 1.29 is 4.42 Å². The van der Waals surface area contributed by atoms with Gasteiger partial charge in [0, 0.05) is 6.92 Å². The molecule has 4 nitrogen and oxygen atoms in total. The zero-order valence-electron chi connectivity index (χ0n) is 11.9. The van der Waals surface area contributed by atoms with Crippen LogP contribution in [0.15, 0.2) is 4.42 Å². The minimum absolute atomic E-state index is 0.638. The first kappa shape index (κ1) is 15.2. The highest BCUT2D eigenvalue weighted by Crippen LogP contribution is 2.07. The highest BCUT2D eigenvalue weighted by atomic mass is 16.4. The second-order valence-electron chi connectivity index (χ2n) is 4.87. The smallest absolute Gasteiger partial charge is 0.230 e. The van der Waals surface area contributed by atoms with Gasteiger partial charge in [0.15, 0.2) is 0 Å². The van der Waals surface area contributed by atoms with Crippen LogP contribution in [0.1, 0.15) is 70.1 Å². The van der Waals surface area contributed by atoms with Gasteiger partial charge in [-0.15, -0.1) is 10.2 Å². The highest BCUT2D eigenvalue weighted by molar-refractivity contribution is 4.77. The fourth-order valence-electron chi connectivity index (χ4n) is 1.99. The van der Waals surface area contributed by atoms with E-state index < -0.39 is 0 Å². The summed E-state index contributed by atoms with van der Waals surface area (Å²) in [6, 6.07) is 0. The molecule has 1 aromatic heterocycles. The molecule has 0 aliphatic rings. The molecule has 1 N–H and O–H groups in total. The van der Waals surface area contributed by atoms with Crippen LogP contribution < -0.4 is 5.32 Å². The quantitative estimate of drug-likeness (QED) is 0.612. The fourth-order valence-corrected chi connectivity index (χ4v) is 1.99. The van der Waals surface area contributed by atoms with Gasteiger partial charge in [-0.3, -0.25) is 0 Å². The number of unbranched alkanes of at least 4 members (excludes halogenated alkanes) is 7. The largest absolute Gasteiger partial charge is 0.424 e. The van der Waals surface area contributed by atoms with Gasteiger partial charge < -0.3 is 9.73 Å². The van der Waals surface area contributed by atoms with Crippen molar-refractivity contribution in [1.82, 2.24) is 15.5 Å². The molecule has 0 aliphatic heterocycles. The third kappa shape index (κ3) is 7.43. The molecule has 1 aromatic rings. The molecule has 0 aromatic carbocycles. The van der Waals surface area contributed by atoms with Gasteiger partial charge in [0.2, 0.25) is 11.8 Å². The first-order valence-corrected chi connectivity index (χ1v) is 7.32. The lowest BCUT2D eigenvalue weighted by molar-refractivity contribution is 0.443. The average molecular weight is 253 g/mol. The maximum Gasteiger partial charge on any atom is 0.230 e. The molecule has 0 amide bonds. The summed E-state index contributed by atoms with van der Waals surface area (Å²) in [5.74, 6) is 1.32. The highest BCUT2D eigenvalue weighted by Gasteiger charge is 2.00. The minimum atomic E-state index is 0.638. The fraction of sp³-hybridized carbons (Fsp3) is 0.857. The molecule has 0 aliphatic carbocycles. The Bertz CT molecular complexity index is 299. The van der Waals surface area contributed by atoms with Crippen LogP contribution in [0.4, 0.5) is 0 Å². The summed E-state index contributed by atoms with van der Waals surface area (Å²) in [6.07, 6.45) is 10.9. The van der Waals surface area contributed by atoms with Crippen LogP contribution in [-0.2, 0) is 6.54 Å². The Morgan fingerprint density at radius 1 is 0.944 bits per heavy atom. The van der Waals surface area contributed by atoms with Gasteiger partial charge in [-0.1, -0.05) is 51.9 Å². The zero-order valence-corrected chi connectivity index (χ0v) is 11.9. The van der Waals surface area contributed by atoms with Crippen molar-refractivity contribution in [3.05, 3.63) is 11.8 Å². The van der Waals surface area contributed by atoms with E-state index in [4.69, 9.17) is 4.42 Å². The molecule has 0 atom stereocenters. The molecule has 104 valence electrons. The summed E-state index contributed by atoms with van der Waals surface area (Å²) in [7, 11) is 0. The van der Waals surface area contributed by atoms with E-state index >= 15 is 0 Å². The van der Waals surface area contributed by atoms with Gasteiger partial charge in [0.1, 0.15) is 0 Å². The van der Waals surface area contributed by atoms with Crippen LogP contribution in [0.2, 0.25) is 0 Å². The average Bonchev–Trinajstić information content (AvgIpc) is 2.77. The van der Waals surface area contributed by atoms with E-state index in [9.17, 15) is 0 Å². The van der Waals surface area contributed by atoms with Crippen LogP contribution in [0.25, 0.3) is 0 Å². The lowest BCUT2D eigenvalue weighted by Crippen LogP contribution is -2.14. The van der Waals surface area contributed by atoms with Crippen LogP contribution in [0, 0.1) is 6.92 Å². The van der Waals surface area contributed by atoms with Crippen LogP contribution in [0.5, 0.6) is 0 Å². The summed E-state index contributed by atoms with van der Waals surface area (Å²) in [6.45, 7) is 5.80. The second-order valence-corrected chi connectivity index (χ2v) is 4.87. The van der Waals surface area contributed by atoms with Gasteiger partial charge in [-0.2, -0.15) is 0 Å². The van der Waals surface area contributed by atoms with E-state index in [0.29, 0.717) is 18.3 Å². The first-order chi connectivity index (χ1) is 8.83. The standard InChI is InChI=1S/C14H27N3O/c1-3-4-5-6-7-8-9-10-11-15-12-14-17-16-13(2)18-14/h15H,3-12H2,1-2H3. The van der Waals surface area contributed by atoms with Crippen molar-refractivity contribution in [2.75, 3.05) is 6.54 Å². The van der Waals surface area contributed by atoms with Crippen molar-refractivity contribution in [3.8, 4) is 0 Å². The normalized spacial score (nSPS) is 11.0. The van der Waals surface area contributed by atoms with Gasteiger partial charge in [-0.05, 0) is 13.0 Å². The predicted molar refractivity (Wildman–Crippen MR) is 73.4 cm³/mol. The van der Waals surface area contributed by atoms with Crippen molar-refractivity contribution in [2.45, 2.75) is 71.8 Å². The topological polar surface area (TPSA) is 51.0 Å². The summed E-state index contributed by atoms with van der Waals surface area (Å²) in [5, 5.41) is 11.1. The molecule has 0 radical (unpaired) electrons. The van der Waals surface area contributed by atoms with Crippen molar-refractivity contribution in [3.63, 3.8) is 0 Å². The Morgan fingerprint density at radius 3 is 2.22 bits per heavy atom. The van der Waals surface area contributed by atoms with E-state index in [0.717, 1.165) is 6.54 Å². The molecular weight excluding hydrogens is 226 g/mol. The van der Waals surface area contributed by atoms with Crippen LogP contribution in [-0.4, -0.2) is 16.7 Å². The van der Waals surface area contributed by atoms with Gasteiger partial charge in [-0.25, -0.2) is 0 Å².